The zero-order valence-corrected chi connectivity index (χ0v) is 17.4. The van der Waals surface area contributed by atoms with Gasteiger partial charge in [-0.05, 0) is 24.1 Å². The number of rotatable bonds is 8. The standard InChI is InChI=1S/C19H28N4O4S/c1-15(2)18(14-20)22-8-10-23(11-9-22)19(24)16-5-4-6-17(13-16)28(25,26)21-7-12-27-3/h4-6,13,15,18,21H,7-12H2,1-3H3. The number of carbonyl (C=O) groups excluding carboxylic acids is 1. The van der Waals surface area contributed by atoms with E-state index in [1.54, 1.807) is 17.0 Å². The fraction of sp³-hybridized carbons (Fsp3) is 0.579. The summed E-state index contributed by atoms with van der Waals surface area (Å²) in [4.78, 5) is 16.7. The van der Waals surface area contributed by atoms with Gasteiger partial charge in [-0.15, -0.1) is 0 Å². The van der Waals surface area contributed by atoms with Gasteiger partial charge in [-0.1, -0.05) is 19.9 Å². The van der Waals surface area contributed by atoms with Gasteiger partial charge in [0.05, 0.1) is 17.6 Å². The summed E-state index contributed by atoms with van der Waals surface area (Å²) in [5.41, 5.74) is 0.337. The number of sulfonamides is 1. The van der Waals surface area contributed by atoms with Crippen molar-refractivity contribution < 1.29 is 17.9 Å². The highest BCUT2D eigenvalue weighted by Crippen LogP contribution is 2.17. The van der Waals surface area contributed by atoms with Crippen molar-refractivity contribution in [2.24, 2.45) is 5.92 Å². The molecule has 2 rings (SSSR count). The normalized spacial score (nSPS) is 16.8. The molecule has 1 unspecified atom stereocenters. The maximum absolute atomic E-state index is 12.8. The van der Waals surface area contributed by atoms with Crippen molar-refractivity contribution in [3.05, 3.63) is 29.8 Å². The molecule has 1 saturated heterocycles. The molecule has 1 aromatic rings. The Kier molecular flexibility index (Phi) is 7.95. The SMILES string of the molecule is COCCNS(=O)(=O)c1cccc(C(=O)N2CCN(C(C#N)C(C)C)CC2)c1. The Balaban J connectivity index is 2.05. The minimum atomic E-state index is -3.70. The number of nitriles is 1. The van der Waals surface area contributed by atoms with Crippen LogP contribution in [0.2, 0.25) is 0 Å². The third kappa shape index (κ3) is 5.52. The topological polar surface area (TPSA) is 103 Å². The van der Waals surface area contributed by atoms with E-state index in [1.165, 1.54) is 19.2 Å². The molecule has 1 atom stereocenters. The number of nitrogens with one attached hydrogen (secondary N) is 1. The van der Waals surface area contributed by atoms with Gasteiger partial charge in [0, 0.05) is 45.4 Å². The minimum absolute atomic E-state index is 0.0532. The van der Waals surface area contributed by atoms with E-state index in [9.17, 15) is 18.5 Å². The van der Waals surface area contributed by atoms with Crippen LogP contribution in [0.15, 0.2) is 29.2 Å². The van der Waals surface area contributed by atoms with Crippen molar-refractivity contribution in [2.75, 3.05) is 46.4 Å². The number of methoxy groups -OCH3 is 1. The predicted octanol–water partition coefficient (Wildman–Crippen LogP) is 0.917. The number of carbonyl (C=O) groups is 1. The monoisotopic (exact) mass is 408 g/mol. The number of nitrogens with zero attached hydrogens (tertiary/aromatic N) is 3. The van der Waals surface area contributed by atoms with E-state index in [-0.39, 0.29) is 35.9 Å². The minimum Gasteiger partial charge on any atom is -0.383 e. The van der Waals surface area contributed by atoms with Crippen LogP contribution in [0.4, 0.5) is 0 Å². The van der Waals surface area contributed by atoms with Gasteiger partial charge in [0.25, 0.3) is 5.91 Å². The lowest BCUT2D eigenvalue weighted by Gasteiger charge is -2.38. The van der Waals surface area contributed by atoms with Crippen LogP contribution in [-0.2, 0) is 14.8 Å². The second-order valence-electron chi connectivity index (χ2n) is 7.06. The first-order valence-electron chi connectivity index (χ1n) is 9.31. The van der Waals surface area contributed by atoms with E-state index in [1.807, 2.05) is 13.8 Å². The molecule has 1 N–H and O–H groups in total. The summed E-state index contributed by atoms with van der Waals surface area (Å²) in [7, 11) is -2.20. The molecule has 0 saturated carbocycles. The maximum Gasteiger partial charge on any atom is 0.253 e. The van der Waals surface area contributed by atoms with Crippen LogP contribution in [0.5, 0.6) is 0 Å². The molecule has 1 aliphatic heterocycles. The fourth-order valence-corrected chi connectivity index (χ4v) is 4.25. The molecule has 0 aromatic heterocycles. The summed E-state index contributed by atoms with van der Waals surface area (Å²) in [5, 5.41) is 9.34. The van der Waals surface area contributed by atoms with Gasteiger partial charge in [0.1, 0.15) is 6.04 Å². The average Bonchev–Trinajstić information content (AvgIpc) is 2.68. The van der Waals surface area contributed by atoms with Crippen molar-refractivity contribution in [1.29, 1.82) is 5.26 Å². The number of benzene rings is 1. The Labute approximate surface area is 167 Å². The van der Waals surface area contributed by atoms with E-state index >= 15 is 0 Å². The average molecular weight is 409 g/mol. The highest BCUT2D eigenvalue weighted by atomic mass is 32.2. The third-order valence-electron chi connectivity index (χ3n) is 4.75. The van der Waals surface area contributed by atoms with E-state index in [4.69, 9.17) is 4.74 Å². The largest absolute Gasteiger partial charge is 0.383 e. The molecule has 1 fully saturated rings. The smallest absolute Gasteiger partial charge is 0.253 e. The molecule has 1 heterocycles. The van der Waals surface area contributed by atoms with Crippen LogP contribution in [-0.4, -0.2) is 76.6 Å². The first-order chi connectivity index (χ1) is 13.3. The van der Waals surface area contributed by atoms with Gasteiger partial charge in [0.15, 0.2) is 0 Å². The molecule has 9 heteroatoms. The first-order valence-corrected chi connectivity index (χ1v) is 10.8. The summed E-state index contributed by atoms with van der Waals surface area (Å²) in [5.74, 6) is 0.0198. The summed E-state index contributed by atoms with van der Waals surface area (Å²) >= 11 is 0. The number of amides is 1. The molecular formula is C19H28N4O4S. The van der Waals surface area contributed by atoms with Gasteiger partial charge >= 0.3 is 0 Å². The van der Waals surface area contributed by atoms with Crippen LogP contribution in [0.1, 0.15) is 24.2 Å². The lowest BCUT2D eigenvalue weighted by Crippen LogP contribution is -2.52. The zero-order chi connectivity index (χ0) is 20.7. The Morgan fingerprint density at radius 3 is 2.54 bits per heavy atom. The van der Waals surface area contributed by atoms with Gasteiger partial charge < -0.3 is 9.64 Å². The van der Waals surface area contributed by atoms with Gasteiger partial charge in [-0.3, -0.25) is 9.69 Å². The molecule has 0 bridgehead atoms. The number of ether oxygens (including phenoxy) is 1. The molecular weight excluding hydrogens is 380 g/mol. The molecule has 1 amide bonds. The van der Waals surface area contributed by atoms with E-state index in [2.05, 4.69) is 15.7 Å². The van der Waals surface area contributed by atoms with Crippen molar-refractivity contribution >= 4 is 15.9 Å². The molecule has 1 aromatic carbocycles. The summed E-state index contributed by atoms with van der Waals surface area (Å²) in [6.07, 6.45) is 0. The van der Waals surface area contributed by atoms with Crippen molar-refractivity contribution in [3.63, 3.8) is 0 Å². The van der Waals surface area contributed by atoms with Crippen LogP contribution >= 0.6 is 0 Å². The molecule has 154 valence electrons. The highest BCUT2D eigenvalue weighted by Gasteiger charge is 2.28. The second-order valence-corrected chi connectivity index (χ2v) is 8.83. The summed E-state index contributed by atoms with van der Waals surface area (Å²) in [6.45, 7) is 6.71. The van der Waals surface area contributed by atoms with Gasteiger partial charge in [-0.25, -0.2) is 13.1 Å². The Hall–Kier alpha value is -1.99. The number of piperazine rings is 1. The van der Waals surface area contributed by atoms with Gasteiger partial charge in [0.2, 0.25) is 10.0 Å². The van der Waals surface area contributed by atoms with E-state index in [0.29, 0.717) is 31.7 Å². The quantitative estimate of drug-likeness (QED) is 0.642. The van der Waals surface area contributed by atoms with Crippen LogP contribution in [0.25, 0.3) is 0 Å². The number of hydrogen-bond acceptors (Lipinski definition) is 6. The molecule has 1 aliphatic rings. The van der Waals surface area contributed by atoms with Crippen molar-refractivity contribution in [2.45, 2.75) is 24.8 Å². The van der Waals surface area contributed by atoms with E-state index in [0.717, 1.165) is 0 Å². The molecule has 0 aliphatic carbocycles. The fourth-order valence-electron chi connectivity index (χ4n) is 3.20. The second kappa shape index (κ2) is 9.98. The van der Waals surface area contributed by atoms with Crippen LogP contribution < -0.4 is 4.72 Å². The first kappa shape index (κ1) is 22.3. The zero-order valence-electron chi connectivity index (χ0n) is 16.6. The molecule has 8 nitrogen and oxygen atoms in total. The molecule has 0 spiro atoms. The van der Waals surface area contributed by atoms with Gasteiger partial charge in [-0.2, -0.15) is 5.26 Å². The highest BCUT2D eigenvalue weighted by molar-refractivity contribution is 7.89. The third-order valence-corrected chi connectivity index (χ3v) is 6.21. The van der Waals surface area contributed by atoms with Crippen molar-refractivity contribution in [1.82, 2.24) is 14.5 Å². The predicted molar refractivity (Wildman–Crippen MR) is 105 cm³/mol. The Bertz CT molecular complexity index is 811. The van der Waals surface area contributed by atoms with Crippen LogP contribution in [0, 0.1) is 17.2 Å². The summed E-state index contributed by atoms with van der Waals surface area (Å²) < 4.78 is 32.0. The van der Waals surface area contributed by atoms with Crippen LogP contribution in [0.3, 0.4) is 0 Å². The number of hydrogen-bond donors (Lipinski definition) is 1. The molecule has 28 heavy (non-hydrogen) atoms. The Morgan fingerprint density at radius 1 is 1.29 bits per heavy atom. The summed E-state index contributed by atoms with van der Waals surface area (Å²) in [6, 6.07) is 8.22. The van der Waals surface area contributed by atoms with E-state index < -0.39 is 10.0 Å². The lowest BCUT2D eigenvalue weighted by atomic mass is 10.0. The molecule has 0 radical (unpaired) electrons. The van der Waals surface area contributed by atoms with Crippen molar-refractivity contribution in [3.8, 4) is 6.07 Å². The maximum atomic E-state index is 12.8. The Morgan fingerprint density at radius 2 is 1.96 bits per heavy atom. The lowest BCUT2D eigenvalue weighted by molar-refractivity contribution is 0.0576.